The molecular formula is C15H12N2O4. The molecule has 106 valence electrons. The summed E-state index contributed by atoms with van der Waals surface area (Å²) in [6, 6.07) is 6.07. The maximum atomic E-state index is 12.4. The minimum Gasteiger partial charge on any atom is -0.506 e. The molecule has 1 aliphatic heterocycles. The topological polar surface area (TPSA) is 90.7 Å². The molecule has 2 aromatic rings. The maximum Gasteiger partial charge on any atom is 0.335 e. The number of benzene rings is 1. The normalized spacial score (nSPS) is 13.0. The zero-order chi connectivity index (χ0) is 15.0. The molecule has 0 saturated carbocycles. The van der Waals surface area contributed by atoms with Gasteiger partial charge in [0, 0.05) is 18.4 Å². The van der Waals surface area contributed by atoms with Gasteiger partial charge in [-0.25, -0.2) is 4.79 Å². The summed E-state index contributed by atoms with van der Waals surface area (Å²) in [4.78, 5) is 28.8. The molecule has 0 atom stereocenters. The largest absolute Gasteiger partial charge is 0.506 e. The van der Waals surface area contributed by atoms with Gasteiger partial charge >= 0.3 is 5.97 Å². The average Bonchev–Trinajstić information content (AvgIpc) is 2.89. The Balaban J connectivity index is 1.94. The van der Waals surface area contributed by atoms with Crippen molar-refractivity contribution < 1.29 is 19.8 Å². The van der Waals surface area contributed by atoms with Crippen molar-refractivity contribution in [1.29, 1.82) is 0 Å². The standard InChI is InChI=1S/C15H12N2O4/c18-12-6-11(7-16-8-12)14(19)17-4-3-9-5-10(15(20)21)1-2-13(9)17/h1-2,5-8,18H,3-4H2,(H,20,21). The molecule has 21 heavy (non-hydrogen) atoms. The second kappa shape index (κ2) is 4.90. The number of rotatable bonds is 2. The van der Waals surface area contributed by atoms with E-state index in [1.165, 1.54) is 24.5 Å². The van der Waals surface area contributed by atoms with Crippen molar-refractivity contribution in [3.8, 4) is 5.75 Å². The van der Waals surface area contributed by atoms with Crippen LogP contribution in [0.2, 0.25) is 0 Å². The summed E-state index contributed by atoms with van der Waals surface area (Å²) in [5, 5.41) is 18.4. The van der Waals surface area contributed by atoms with E-state index in [-0.39, 0.29) is 17.2 Å². The van der Waals surface area contributed by atoms with Crippen LogP contribution < -0.4 is 4.90 Å². The molecule has 1 aromatic heterocycles. The third-order valence-electron chi connectivity index (χ3n) is 3.44. The third kappa shape index (κ3) is 2.31. The predicted octanol–water partition coefficient (Wildman–Crippen LogP) is 1.69. The number of carbonyl (C=O) groups is 2. The van der Waals surface area contributed by atoms with Crippen molar-refractivity contribution in [2.45, 2.75) is 6.42 Å². The molecule has 6 heteroatoms. The van der Waals surface area contributed by atoms with Gasteiger partial charge in [-0.2, -0.15) is 0 Å². The Kier molecular flexibility index (Phi) is 3.06. The summed E-state index contributed by atoms with van der Waals surface area (Å²) in [7, 11) is 0. The van der Waals surface area contributed by atoms with Crippen molar-refractivity contribution >= 4 is 17.6 Å². The van der Waals surface area contributed by atoms with Gasteiger partial charge in [0.25, 0.3) is 5.91 Å². The highest BCUT2D eigenvalue weighted by atomic mass is 16.4. The Bertz CT molecular complexity index is 742. The fourth-order valence-electron chi connectivity index (χ4n) is 2.45. The lowest BCUT2D eigenvalue weighted by molar-refractivity contribution is 0.0696. The fourth-order valence-corrected chi connectivity index (χ4v) is 2.45. The molecule has 1 aromatic carbocycles. The zero-order valence-electron chi connectivity index (χ0n) is 11.0. The number of fused-ring (bicyclic) bond motifs is 1. The van der Waals surface area contributed by atoms with E-state index < -0.39 is 5.97 Å². The number of nitrogens with zero attached hydrogens (tertiary/aromatic N) is 2. The molecule has 6 nitrogen and oxygen atoms in total. The van der Waals surface area contributed by atoms with E-state index in [1.54, 1.807) is 17.0 Å². The van der Waals surface area contributed by atoms with E-state index in [9.17, 15) is 14.7 Å². The average molecular weight is 284 g/mol. The van der Waals surface area contributed by atoms with Crippen LogP contribution in [0, 0.1) is 0 Å². The van der Waals surface area contributed by atoms with E-state index in [0.29, 0.717) is 24.2 Å². The van der Waals surface area contributed by atoms with E-state index in [2.05, 4.69) is 4.98 Å². The summed E-state index contributed by atoms with van der Waals surface area (Å²) in [5.41, 5.74) is 2.04. The molecule has 0 fully saturated rings. The number of aromatic hydroxyl groups is 1. The van der Waals surface area contributed by atoms with Gasteiger partial charge in [-0.1, -0.05) is 0 Å². The highest BCUT2D eigenvalue weighted by molar-refractivity contribution is 6.07. The van der Waals surface area contributed by atoms with Crippen molar-refractivity contribution in [1.82, 2.24) is 4.98 Å². The molecule has 0 saturated heterocycles. The highest BCUT2D eigenvalue weighted by Gasteiger charge is 2.26. The SMILES string of the molecule is O=C(O)c1ccc2c(c1)CCN2C(=O)c1cncc(O)c1. The van der Waals surface area contributed by atoms with Crippen molar-refractivity contribution in [2.75, 3.05) is 11.4 Å². The number of carboxylic acid groups (broad SMARTS) is 1. The number of carboxylic acids is 1. The first kappa shape index (κ1) is 13.1. The van der Waals surface area contributed by atoms with Crippen LogP contribution in [-0.4, -0.2) is 33.6 Å². The molecule has 0 spiro atoms. The van der Waals surface area contributed by atoms with Crippen molar-refractivity contribution in [2.24, 2.45) is 0 Å². The Labute approximate surface area is 120 Å². The highest BCUT2D eigenvalue weighted by Crippen LogP contribution is 2.30. The van der Waals surface area contributed by atoms with E-state index in [4.69, 9.17) is 5.11 Å². The quantitative estimate of drug-likeness (QED) is 0.875. The Morgan fingerprint density at radius 3 is 2.67 bits per heavy atom. The lowest BCUT2D eigenvalue weighted by Gasteiger charge is -2.17. The number of aromatic carboxylic acids is 1. The Hall–Kier alpha value is -2.89. The summed E-state index contributed by atoms with van der Waals surface area (Å²) in [6.45, 7) is 0.479. The van der Waals surface area contributed by atoms with E-state index >= 15 is 0 Å². The number of aromatic nitrogens is 1. The van der Waals surface area contributed by atoms with Gasteiger partial charge in [0.1, 0.15) is 5.75 Å². The Morgan fingerprint density at radius 2 is 1.95 bits per heavy atom. The van der Waals surface area contributed by atoms with Crippen molar-refractivity contribution in [3.05, 3.63) is 53.3 Å². The summed E-state index contributed by atoms with van der Waals surface area (Å²) in [6.07, 6.45) is 3.26. The van der Waals surface area contributed by atoms with Gasteiger partial charge in [0.15, 0.2) is 0 Å². The van der Waals surface area contributed by atoms with Crippen LogP contribution in [-0.2, 0) is 6.42 Å². The Morgan fingerprint density at radius 1 is 1.14 bits per heavy atom. The van der Waals surface area contributed by atoms with Crippen LogP contribution in [0.15, 0.2) is 36.7 Å². The second-order valence-corrected chi connectivity index (χ2v) is 4.79. The van der Waals surface area contributed by atoms with Crippen LogP contribution in [0.4, 0.5) is 5.69 Å². The first-order valence-corrected chi connectivity index (χ1v) is 6.38. The van der Waals surface area contributed by atoms with Crippen LogP contribution >= 0.6 is 0 Å². The monoisotopic (exact) mass is 284 g/mol. The van der Waals surface area contributed by atoms with Gasteiger partial charge in [-0.05, 0) is 36.2 Å². The number of anilines is 1. The van der Waals surface area contributed by atoms with Crippen LogP contribution in [0.25, 0.3) is 0 Å². The van der Waals surface area contributed by atoms with Crippen molar-refractivity contribution in [3.63, 3.8) is 0 Å². The molecule has 1 amide bonds. The van der Waals surface area contributed by atoms with E-state index in [1.807, 2.05) is 0 Å². The number of hydrogen-bond acceptors (Lipinski definition) is 4. The molecular weight excluding hydrogens is 272 g/mol. The van der Waals surface area contributed by atoms with E-state index in [0.717, 1.165) is 5.56 Å². The first-order valence-electron chi connectivity index (χ1n) is 6.38. The van der Waals surface area contributed by atoms with Crippen LogP contribution in [0.3, 0.4) is 0 Å². The lowest BCUT2D eigenvalue weighted by atomic mass is 10.1. The number of pyridine rings is 1. The third-order valence-corrected chi connectivity index (χ3v) is 3.44. The van der Waals surface area contributed by atoms with Crippen LogP contribution in [0.5, 0.6) is 5.75 Å². The van der Waals surface area contributed by atoms with Gasteiger partial charge in [-0.3, -0.25) is 9.78 Å². The minimum atomic E-state index is -0.986. The number of amides is 1. The lowest BCUT2D eigenvalue weighted by Crippen LogP contribution is -2.28. The minimum absolute atomic E-state index is 0.0681. The molecule has 2 heterocycles. The summed E-state index contributed by atoms with van der Waals surface area (Å²) >= 11 is 0. The van der Waals surface area contributed by atoms with Crippen LogP contribution in [0.1, 0.15) is 26.3 Å². The maximum absolute atomic E-state index is 12.4. The molecule has 0 bridgehead atoms. The molecule has 1 aliphatic rings. The number of hydrogen-bond donors (Lipinski definition) is 2. The summed E-state index contributed by atoms with van der Waals surface area (Å²) in [5.74, 6) is -1.32. The zero-order valence-corrected chi connectivity index (χ0v) is 11.0. The van der Waals surface area contributed by atoms with Gasteiger partial charge < -0.3 is 15.1 Å². The second-order valence-electron chi connectivity index (χ2n) is 4.79. The molecule has 0 unspecified atom stereocenters. The summed E-state index contributed by atoms with van der Waals surface area (Å²) < 4.78 is 0. The molecule has 0 aliphatic carbocycles. The first-order chi connectivity index (χ1) is 10.1. The van der Waals surface area contributed by atoms with Gasteiger partial charge in [0.2, 0.25) is 0 Å². The predicted molar refractivity (Wildman–Crippen MR) is 74.7 cm³/mol. The molecule has 3 rings (SSSR count). The molecule has 2 N–H and O–H groups in total. The smallest absolute Gasteiger partial charge is 0.335 e. The number of carbonyl (C=O) groups excluding carboxylic acids is 1. The van der Waals surface area contributed by atoms with Gasteiger partial charge in [0.05, 0.1) is 17.3 Å². The molecule has 0 radical (unpaired) electrons. The fraction of sp³-hybridized carbons (Fsp3) is 0.133. The van der Waals surface area contributed by atoms with Gasteiger partial charge in [-0.15, -0.1) is 0 Å².